The minimum absolute atomic E-state index is 0.364. The Labute approximate surface area is 260 Å². The summed E-state index contributed by atoms with van der Waals surface area (Å²) in [5, 5.41) is 7.58. The van der Waals surface area contributed by atoms with Gasteiger partial charge in [0.2, 0.25) is 11.8 Å². The summed E-state index contributed by atoms with van der Waals surface area (Å²) in [7, 11) is 3.00. The van der Waals surface area contributed by atoms with Gasteiger partial charge in [0.1, 0.15) is 23.6 Å². The zero-order chi connectivity index (χ0) is 30.3. The third-order valence-corrected chi connectivity index (χ3v) is 10.9. The molecule has 10 nitrogen and oxygen atoms in total. The Bertz CT molecular complexity index is 1680. The molecule has 4 aromatic rings. The number of hydrazine groups is 1. The lowest BCUT2D eigenvalue weighted by Gasteiger charge is -2.35. The summed E-state index contributed by atoms with van der Waals surface area (Å²) < 4.78 is 11.1. The second-order valence-electron chi connectivity index (χ2n) is 11.0. The molecule has 0 radical (unpaired) electrons. The van der Waals surface area contributed by atoms with E-state index in [4.69, 9.17) is 9.47 Å². The van der Waals surface area contributed by atoms with E-state index in [9.17, 15) is 19.2 Å². The van der Waals surface area contributed by atoms with Gasteiger partial charge < -0.3 is 9.47 Å². The van der Waals surface area contributed by atoms with Crippen molar-refractivity contribution in [1.29, 1.82) is 0 Å². The number of carbonyl (C=O) groups excluding carboxylic acids is 4. The SMILES string of the molecule is COc1ccccc1N1C(=O)[C@@H]2[C@@H](C1=O)N1[C@@H](c3cccs3)[C@H]3C(=O)N(c4ccccc4OC)C(=O)[C@@H]3N1[C@H]2c1cccs1. The molecule has 6 atom stereocenters. The third kappa shape index (κ3) is 3.53. The number of hydrogen-bond acceptors (Lipinski definition) is 10. The van der Waals surface area contributed by atoms with Crippen LogP contribution < -0.4 is 19.3 Å². The van der Waals surface area contributed by atoms with Crippen molar-refractivity contribution >= 4 is 57.7 Å². The molecule has 4 aliphatic heterocycles. The Morgan fingerprint density at radius 2 is 0.932 bits per heavy atom. The molecule has 12 heteroatoms. The van der Waals surface area contributed by atoms with Crippen molar-refractivity contribution in [2.45, 2.75) is 24.2 Å². The molecule has 4 fully saturated rings. The van der Waals surface area contributed by atoms with E-state index in [-0.39, 0.29) is 11.8 Å². The number of rotatable bonds is 6. The van der Waals surface area contributed by atoms with Crippen LogP contribution in [0.25, 0.3) is 0 Å². The van der Waals surface area contributed by atoms with Gasteiger partial charge in [0, 0.05) is 9.75 Å². The number of nitrogens with zero attached hydrogens (tertiary/aromatic N) is 4. The minimum Gasteiger partial charge on any atom is -0.495 e. The van der Waals surface area contributed by atoms with Crippen LogP contribution in [0.4, 0.5) is 11.4 Å². The van der Waals surface area contributed by atoms with Gasteiger partial charge in [0.05, 0.1) is 49.5 Å². The molecule has 6 heterocycles. The first-order valence-electron chi connectivity index (χ1n) is 14.1. The Morgan fingerprint density at radius 1 is 0.523 bits per heavy atom. The van der Waals surface area contributed by atoms with Crippen molar-refractivity contribution < 1.29 is 28.7 Å². The van der Waals surface area contributed by atoms with Crippen LogP contribution in [-0.2, 0) is 19.2 Å². The molecular weight excluding hydrogens is 601 g/mol. The van der Waals surface area contributed by atoms with Gasteiger partial charge in [-0.25, -0.2) is 19.8 Å². The number of ether oxygens (including phenoxy) is 2. The van der Waals surface area contributed by atoms with Crippen LogP contribution >= 0.6 is 22.7 Å². The number of hydrogen-bond donors (Lipinski definition) is 0. The first-order chi connectivity index (χ1) is 21.5. The third-order valence-electron chi connectivity index (χ3n) is 9.05. The van der Waals surface area contributed by atoms with Crippen molar-refractivity contribution in [2.75, 3.05) is 24.0 Å². The summed E-state index contributed by atoms with van der Waals surface area (Å²) in [5.74, 6) is -2.34. The quantitative estimate of drug-likeness (QED) is 0.293. The number of anilines is 2. The van der Waals surface area contributed by atoms with E-state index in [0.717, 1.165) is 9.75 Å². The predicted octanol–water partition coefficient (Wildman–Crippen LogP) is 4.27. The molecule has 222 valence electrons. The van der Waals surface area contributed by atoms with Crippen LogP contribution in [0.2, 0.25) is 0 Å². The van der Waals surface area contributed by atoms with Gasteiger partial charge in [-0.1, -0.05) is 36.4 Å². The number of methoxy groups -OCH3 is 2. The predicted molar refractivity (Wildman–Crippen MR) is 163 cm³/mol. The second-order valence-corrected chi connectivity index (χ2v) is 12.9. The van der Waals surface area contributed by atoms with Gasteiger partial charge in [0.25, 0.3) is 11.8 Å². The molecular formula is C32H26N4O6S2. The zero-order valence-electron chi connectivity index (χ0n) is 23.6. The van der Waals surface area contributed by atoms with Crippen LogP contribution in [0, 0.1) is 11.8 Å². The molecule has 4 aliphatic rings. The van der Waals surface area contributed by atoms with Gasteiger partial charge >= 0.3 is 0 Å². The molecule has 0 aliphatic carbocycles. The fraction of sp³-hybridized carbons (Fsp3) is 0.250. The highest BCUT2D eigenvalue weighted by Crippen LogP contribution is 2.61. The van der Waals surface area contributed by atoms with Gasteiger partial charge in [-0.05, 0) is 47.2 Å². The van der Waals surface area contributed by atoms with Gasteiger partial charge in [-0.15, -0.1) is 22.7 Å². The van der Waals surface area contributed by atoms with E-state index in [2.05, 4.69) is 0 Å². The Morgan fingerprint density at radius 3 is 1.30 bits per heavy atom. The number of amides is 4. The Balaban J connectivity index is 1.31. The van der Waals surface area contributed by atoms with Crippen molar-refractivity contribution in [1.82, 2.24) is 10.0 Å². The monoisotopic (exact) mass is 626 g/mol. The first kappa shape index (κ1) is 27.2. The lowest BCUT2D eigenvalue weighted by Crippen LogP contribution is -2.50. The Kier molecular flexibility index (Phi) is 6.24. The molecule has 0 N–H and O–H groups in total. The van der Waals surface area contributed by atoms with Gasteiger partial charge in [-0.2, -0.15) is 0 Å². The fourth-order valence-electron chi connectivity index (χ4n) is 7.42. The topological polar surface area (TPSA) is 99.7 Å². The molecule has 2 aromatic heterocycles. The number of benzene rings is 2. The standard InChI is InChI=1S/C32H26N4O6S2/c1-41-19-11-5-3-9-17(19)33-29(37)23-25(21-13-7-15-43-21)36-28-24(26(22-14-8-16-44-22)35(36)27(23)31(33)39)30(38)34(32(28)40)18-10-4-6-12-20(18)42-2/h3-16,23-28H,1-2H3/t23-,24+,25-,26-,27-,28+/m0/s1. The van der Waals surface area contributed by atoms with Crippen molar-refractivity contribution in [2.24, 2.45) is 11.8 Å². The second kappa shape index (κ2) is 10.1. The molecule has 0 bridgehead atoms. The highest BCUT2D eigenvalue weighted by atomic mass is 32.1. The van der Waals surface area contributed by atoms with E-state index in [1.807, 2.05) is 45.0 Å². The van der Waals surface area contributed by atoms with E-state index < -0.39 is 47.8 Å². The molecule has 0 spiro atoms. The molecule has 0 saturated carbocycles. The molecule has 4 amide bonds. The van der Waals surface area contributed by atoms with Gasteiger partial charge in [0.15, 0.2) is 0 Å². The summed E-state index contributed by atoms with van der Waals surface area (Å²) in [6.07, 6.45) is 0. The summed E-state index contributed by atoms with van der Waals surface area (Å²) in [6, 6.07) is 18.4. The lowest BCUT2D eigenvalue weighted by molar-refractivity contribution is -0.135. The van der Waals surface area contributed by atoms with Crippen molar-refractivity contribution in [3.8, 4) is 11.5 Å². The average Bonchev–Trinajstić information content (AvgIpc) is 3.88. The summed E-state index contributed by atoms with van der Waals surface area (Å²) in [5.41, 5.74) is 0.745. The smallest absolute Gasteiger partial charge is 0.253 e. The van der Waals surface area contributed by atoms with Crippen LogP contribution in [0.5, 0.6) is 11.5 Å². The number of fused-ring (bicyclic) bond motifs is 5. The van der Waals surface area contributed by atoms with E-state index in [1.54, 1.807) is 48.5 Å². The Hall–Kier alpha value is -4.36. The normalized spacial score (nSPS) is 28.1. The molecule has 4 saturated heterocycles. The summed E-state index contributed by atoms with van der Waals surface area (Å²) in [4.78, 5) is 61.9. The number of carbonyl (C=O) groups is 4. The largest absolute Gasteiger partial charge is 0.495 e. The maximum Gasteiger partial charge on any atom is 0.253 e. The van der Waals surface area contributed by atoms with Gasteiger partial charge in [-0.3, -0.25) is 19.2 Å². The molecule has 0 unspecified atom stereocenters. The first-order valence-corrected chi connectivity index (χ1v) is 15.9. The number of imide groups is 2. The summed E-state index contributed by atoms with van der Waals surface area (Å²) >= 11 is 2.92. The number of para-hydroxylation sites is 4. The lowest BCUT2D eigenvalue weighted by atomic mass is 9.88. The molecule has 8 rings (SSSR count). The van der Waals surface area contributed by atoms with E-state index in [0.29, 0.717) is 22.9 Å². The minimum atomic E-state index is -0.919. The number of thiophene rings is 2. The van der Waals surface area contributed by atoms with E-state index in [1.165, 1.54) is 46.7 Å². The van der Waals surface area contributed by atoms with Crippen molar-refractivity contribution in [3.05, 3.63) is 93.3 Å². The summed E-state index contributed by atoms with van der Waals surface area (Å²) in [6.45, 7) is 0. The van der Waals surface area contributed by atoms with Crippen LogP contribution in [0.15, 0.2) is 83.6 Å². The van der Waals surface area contributed by atoms with Crippen molar-refractivity contribution in [3.63, 3.8) is 0 Å². The van der Waals surface area contributed by atoms with Crippen LogP contribution in [0.1, 0.15) is 21.8 Å². The van der Waals surface area contributed by atoms with E-state index >= 15 is 0 Å². The maximum atomic E-state index is 14.5. The average molecular weight is 627 g/mol. The fourth-order valence-corrected chi connectivity index (χ4v) is 9.15. The zero-order valence-corrected chi connectivity index (χ0v) is 25.2. The van der Waals surface area contributed by atoms with Crippen LogP contribution in [-0.4, -0.2) is 59.9 Å². The molecule has 2 aromatic carbocycles. The maximum absolute atomic E-state index is 14.5. The molecule has 44 heavy (non-hydrogen) atoms. The highest BCUT2D eigenvalue weighted by Gasteiger charge is 2.74. The van der Waals surface area contributed by atoms with Crippen LogP contribution in [0.3, 0.4) is 0 Å². The highest BCUT2D eigenvalue weighted by molar-refractivity contribution is 7.10.